The SMILES string of the molecule is CCN[C@H](C)CNS(=O)(=O)c1cc(C(=O)OC)co1.Cl. The average Bonchev–Trinajstić information content (AvgIpc) is 2.86. The number of hydrogen-bond donors (Lipinski definition) is 2. The second-order valence-electron chi connectivity index (χ2n) is 3.96. The molecule has 0 aliphatic rings. The normalized spacial score (nSPS) is 12.6. The van der Waals surface area contributed by atoms with Gasteiger partial charge in [-0.2, -0.15) is 0 Å². The number of likely N-dealkylation sites (N-methyl/N-ethyl adjacent to an activating group) is 1. The van der Waals surface area contributed by atoms with Gasteiger partial charge in [0.2, 0.25) is 5.09 Å². The molecule has 7 nitrogen and oxygen atoms in total. The molecule has 0 aromatic carbocycles. The molecule has 0 amide bonds. The molecule has 1 aromatic rings. The van der Waals surface area contributed by atoms with E-state index in [1.54, 1.807) is 0 Å². The summed E-state index contributed by atoms with van der Waals surface area (Å²) in [5.41, 5.74) is 0.0580. The van der Waals surface area contributed by atoms with Gasteiger partial charge in [0.25, 0.3) is 10.0 Å². The Morgan fingerprint density at radius 2 is 2.15 bits per heavy atom. The van der Waals surface area contributed by atoms with Crippen LogP contribution in [0.15, 0.2) is 21.8 Å². The lowest BCUT2D eigenvalue weighted by Crippen LogP contribution is -2.38. The Morgan fingerprint density at radius 1 is 1.50 bits per heavy atom. The van der Waals surface area contributed by atoms with Crippen LogP contribution >= 0.6 is 12.4 Å². The highest BCUT2D eigenvalue weighted by molar-refractivity contribution is 7.89. The van der Waals surface area contributed by atoms with E-state index in [1.807, 2.05) is 13.8 Å². The molecule has 1 heterocycles. The molecule has 2 N–H and O–H groups in total. The smallest absolute Gasteiger partial charge is 0.341 e. The highest BCUT2D eigenvalue weighted by Crippen LogP contribution is 2.14. The summed E-state index contributed by atoms with van der Waals surface area (Å²) in [6.45, 7) is 4.76. The first kappa shape index (κ1) is 18.9. The predicted molar refractivity (Wildman–Crippen MR) is 75.6 cm³/mol. The first-order valence-electron chi connectivity index (χ1n) is 5.80. The number of furan rings is 1. The summed E-state index contributed by atoms with van der Waals surface area (Å²) >= 11 is 0. The van der Waals surface area contributed by atoms with Crippen LogP contribution in [-0.2, 0) is 14.8 Å². The van der Waals surface area contributed by atoms with Crippen molar-refractivity contribution in [2.24, 2.45) is 0 Å². The molecule has 116 valence electrons. The van der Waals surface area contributed by atoms with Crippen LogP contribution in [0.5, 0.6) is 0 Å². The Bertz CT molecular complexity index is 529. The van der Waals surface area contributed by atoms with Crippen molar-refractivity contribution in [1.29, 1.82) is 0 Å². The molecule has 1 rings (SSSR count). The molecule has 9 heteroatoms. The van der Waals surface area contributed by atoms with Crippen molar-refractivity contribution in [3.63, 3.8) is 0 Å². The first-order chi connectivity index (χ1) is 8.90. The predicted octanol–water partition coefficient (Wildman–Crippen LogP) is 0.764. The van der Waals surface area contributed by atoms with Gasteiger partial charge in [-0.3, -0.25) is 0 Å². The lowest BCUT2D eigenvalue weighted by atomic mass is 10.3. The molecular weight excluding hydrogens is 308 g/mol. The van der Waals surface area contributed by atoms with Crippen LogP contribution in [0.3, 0.4) is 0 Å². The van der Waals surface area contributed by atoms with Crippen molar-refractivity contribution in [2.45, 2.75) is 25.0 Å². The number of carbonyl (C=O) groups excluding carboxylic acids is 1. The fraction of sp³-hybridized carbons (Fsp3) is 0.545. The van der Waals surface area contributed by atoms with E-state index in [0.29, 0.717) is 0 Å². The molecule has 1 aromatic heterocycles. The summed E-state index contributed by atoms with van der Waals surface area (Å²) < 4.78 is 35.5. The zero-order chi connectivity index (χ0) is 14.5. The largest absolute Gasteiger partial charge is 0.465 e. The third kappa shape index (κ3) is 5.12. The van der Waals surface area contributed by atoms with Crippen LogP contribution in [0.25, 0.3) is 0 Å². The van der Waals surface area contributed by atoms with Gasteiger partial charge >= 0.3 is 5.97 Å². The highest BCUT2D eigenvalue weighted by atomic mass is 35.5. The second kappa shape index (κ2) is 8.25. The number of rotatable bonds is 7. The molecule has 0 aliphatic carbocycles. The van der Waals surface area contributed by atoms with E-state index in [2.05, 4.69) is 14.8 Å². The summed E-state index contributed by atoms with van der Waals surface area (Å²) in [6.07, 6.45) is 1.05. The second-order valence-corrected chi connectivity index (χ2v) is 5.65. The zero-order valence-corrected chi connectivity index (χ0v) is 13.1. The number of sulfonamides is 1. The number of nitrogens with one attached hydrogen (secondary N) is 2. The van der Waals surface area contributed by atoms with Crippen LogP contribution < -0.4 is 10.0 Å². The number of methoxy groups -OCH3 is 1. The number of hydrogen-bond acceptors (Lipinski definition) is 6. The van der Waals surface area contributed by atoms with E-state index in [0.717, 1.165) is 18.9 Å². The monoisotopic (exact) mass is 326 g/mol. The van der Waals surface area contributed by atoms with Gasteiger partial charge in [0.1, 0.15) is 6.26 Å². The number of halogens is 1. The highest BCUT2D eigenvalue weighted by Gasteiger charge is 2.21. The summed E-state index contributed by atoms with van der Waals surface area (Å²) in [7, 11) is -2.55. The van der Waals surface area contributed by atoms with Crippen molar-refractivity contribution >= 4 is 28.4 Å². The maximum absolute atomic E-state index is 11.9. The summed E-state index contributed by atoms with van der Waals surface area (Å²) in [6, 6.07) is 1.13. The lowest BCUT2D eigenvalue weighted by Gasteiger charge is -2.12. The van der Waals surface area contributed by atoms with E-state index in [9.17, 15) is 13.2 Å². The maximum Gasteiger partial charge on any atom is 0.341 e. The van der Waals surface area contributed by atoms with Gasteiger partial charge in [-0.25, -0.2) is 17.9 Å². The quantitative estimate of drug-likeness (QED) is 0.718. The van der Waals surface area contributed by atoms with Crippen molar-refractivity contribution in [3.8, 4) is 0 Å². The lowest BCUT2D eigenvalue weighted by molar-refractivity contribution is 0.0600. The number of ether oxygens (including phenoxy) is 1. The van der Waals surface area contributed by atoms with Crippen LogP contribution in [-0.4, -0.2) is 40.6 Å². The van der Waals surface area contributed by atoms with Crippen LogP contribution in [0, 0.1) is 0 Å². The molecule has 1 atom stereocenters. The van der Waals surface area contributed by atoms with E-state index in [4.69, 9.17) is 4.42 Å². The fourth-order valence-corrected chi connectivity index (χ4v) is 2.48. The molecule has 0 saturated carbocycles. The average molecular weight is 327 g/mol. The molecule has 0 aliphatic heterocycles. The minimum atomic E-state index is -3.76. The zero-order valence-electron chi connectivity index (χ0n) is 11.5. The summed E-state index contributed by atoms with van der Waals surface area (Å²) in [4.78, 5) is 11.2. The van der Waals surface area contributed by atoms with Gasteiger partial charge in [0, 0.05) is 18.7 Å². The molecule has 0 bridgehead atoms. The van der Waals surface area contributed by atoms with Gasteiger partial charge in [-0.15, -0.1) is 12.4 Å². The minimum absolute atomic E-state index is 0. The van der Waals surface area contributed by atoms with Crippen molar-refractivity contribution in [3.05, 3.63) is 17.9 Å². The van der Waals surface area contributed by atoms with Crippen molar-refractivity contribution < 1.29 is 22.4 Å². The van der Waals surface area contributed by atoms with E-state index in [-0.39, 0.29) is 35.6 Å². The standard InChI is InChI=1S/C11H18N2O5S.ClH/c1-4-12-8(2)6-13-19(15,16)10-5-9(7-18-10)11(14)17-3;/h5,7-8,12-13H,4,6H2,1-3H3;1H/t8-;/m1./s1. The molecule has 0 unspecified atom stereocenters. The van der Waals surface area contributed by atoms with Crippen LogP contribution in [0.2, 0.25) is 0 Å². The van der Waals surface area contributed by atoms with Crippen molar-refractivity contribution in [2.75, 3.05) is 20.2 Å². The summed E-state index contributed by atoms with van der Waals surface area (Å²) in [5.74, 6) is -0.647. The molecule has 0 saturated heterocycles. The molecule has 0 radical (unpaired) electrons. The third-order valence-corrected chi connectivity index (χ3v) is 3.68. The number of carbonyl (C=O) groups is 1. The maximum atomic E-state index is 11.9. The fourth-order valence-electron chi connectivity index (χ4n) is 1.41. The Kier molecular flexibility index (Phi) is 7.80. The van der Waals surface area contributed by atoms with E-state index in [1.165, 1.54) is 7.11 Å². The van der Waals surface area contributed by atoms with Crippen molar-refractivity contribution in [1.82, 2.24) is 10.0 Å². The van der Waals surface area contributed by atoms with Gasteiger partial charge < -0.3 is 14.5 Å². The van der Waals surface area contributed by atoms with Gasteiger partial charge in [-0.1, -0.05) is 6.92 Å². The molecule has 0 fully saturated rings. The Labute approximate surface area is 124 Å². The molecule has 0 spiro atoms. The van der Waals surface area contributed by atoms with E-state index < -0.39 is 16.0 Å². The van der Waals surface area contributed by atoms with Gasteiger partial charge in [-0.05, 0) is 13.5 Å². The Morgan fingerprint density at radius 3 is 2.70 bits per heavy atom. The van der Waals surface area contributed by atoms with Gasteiger partial charge in [0.15, 0.2) is 0 Å². The first-order valence-corrected chi connectivity index (χ1v) is 7.29. The Hall–Kier alpha value is -1.09. The van der Waals surface area contributed by atoms with Gasteiger partial charge in [0.05, 0.1) is 12.7 Å². The minimum Gasteiger partial charge on any atom is -0.465 e. The third-order valence-electron chi connectivity index (χ3n) is 2.39. The van der Waals surface area contributed by atoms with E-state index >= 15 is 0 Å². The topological polar surface area (TPSA) is 97.6 Å². The van der Waals surface area contributed by atoms with Crippen LogP contribution in [0.4, 0.5) is 0 Å². The molecule has 20 heavy (non-hydrogen) atoms. The molecular formula is C11H19ClN2O5S. The Balaban J connectivity index is 0.00000361. The number of esters is 1. The summed E-state index contributed by atoms with van der Waals surface area (Å²) in [5, 5.41) is 2.76. The van der Waals surface area contributed by atoms with Crippen LogP contribution in [0.1, 0.15) is 24.2 Å².